The molecule has 1 aromatic carbocycles. The number of hydrogen-bond donors (Lipinski definition) is 1. The third-order valence-electron chi connectivity index (χ3n) is 3.67. The Morgan fingerprint density at radius 1 is 1.21 bits per heavy atom. The van der Waals surface area contributed by atoms with Gasteiger partial charge in [0.15, 0.2) is 0 Å². The zero-order valence-corrected chi connectivity index (χ0v) is 12.8. The molecule has 0 unspecified atom stereocenters. The molecule has 106 valence electrons. The standard InChI is InChI=1S/C16H26N2S/c1-18(14-15-6-3-2-4-7-15)11-5-10-17-16-8-12-19-13-9-16/h2-4,6-7,16-17H,5,8-14H2,1H3. The van der Waals surface area contributed by atoms with E-state index in [0.29, 0.717) is 0 Å². The van der Waals surface area contributed by atoms with E-state index in [1.54, 1.807) is 0 Å². The summed E-state index contributed by atoms with van der Waals surface area (Å²) < 4.78 is 0. The van der Waals surface area contributed by atoms with Crippen molar-refractivity contribution in [3.63, 3.8) is 0 Å². The van der Waals surface area contributed by atoms with E-state index in [-0.39, 0.29) is 0 Å². The van der Waals surface area contributed by atoms with E-state index >= 15 is 0 Å². The lowest BCUT2D eigenvalue weighted by atomic mass is 10.1. The molecule has 1 aliphatic heterocycles. The van der Waals surface area contributed by atoms with Gasteiger partial charge in [-0.05, 0) is 56.5 Å². The molecule has 2 rings (SSSR count). The number of nitrogens with one attached hydrogen (secondary N) is 1. The summed E-state index contributed by atoms with van der Waals surface area (Å²) in [6, 6.07) is 11.5. The van der Waals surface area contributed by atoms with Gasteiger partial charge in [-0.2, -0.15) is 11.8 Å². The van der Waals surface area contributed by atoms with Crippen LogP contribution in [0, 0.1) is 0 Å². The summed E-state index contributed by atoms with van der Waals surface area (Å²) in [5.74, 6) is 2.68. The SMILES string of the molecule is CN(CCCNC1CCSCC1)Cc1ccccc1. The van der Waals surface area contributed by atoms with Gasteiger partial charge in [-0.15, -0.1) is 0 Å². The van der Waals surface area contributed by atoms with Crippen LogP contribution in [0.3, 0.4) is 0 Å². The second-order valence-electron chi connectivity index (χ2n) is 5.42. The molecule has 0 atom stereocenters. The Hall–Kier alpha value is -0.510. The summed E-state index contributed by atoms with van der Waals surface area (Å²) >= 11 is 2.10. The molecule has 1 heterocycles. The first kappa shape index (κ1) is 14.9. The molecule has 0 bridgehead atoms. The van der Waals surface area contributed by atoms with Crippen LogP contribution < -0.4 is 5.32 Å². The van der Waals surface area contributed by atoms with Gasteiger partial charge < -0.3 is 10.2 Å². The van der Waals surface area contributed by atoms with E-state index in [2.05, 4.69) is 59.4 Å². The van der Waals surface area contributed by atoms with Crippen molar-refractivity contribution in [3.05, 3.63) is 35.9 Å². The minimum Gasteiger partial charge on any atom is -0.314 e. The average Bonchev–Trinajstić information content (AvgIpc) is 2.46. The number of hydrogen-bond acceptors (Lipinski definition) is 3. The highest BCUT2D eigenvalue weighted by molar-refractivity contribution is 7.99. The van der Waals surface area contributed by atoms with E-state index in [9.17, 15) is 0 Å². The van der Waals surface area contributed by atoms with Gasteiger partial charge in [0.2, 0.25) is 0 Å². The van der Waals surface area contributed by atoms with Crippen LogP contribution in [0.25, 0.3) is 0 Å². The molecule has 1 aliphatic rings. The second-order valence-corrected chi connectivity index (χ2v) is 6.64. The maximum absolute atomic E-state index is 3.70. The smallest absolute Gasteiger partial charge is 0.0230 e. The van der Waals surface area contributed by atoms with Gasteiger partial charge in [0.25, 0.3) is 0 Å². The first-order chi connectivity index (χ1) is 9.34. The molecule has 0 aromatic heterocycles. The molecule has 1 aromatic rings. The van der Waals surface area contributed by atoms with Crippen molar-refractivity contribution in [2.24, 2.45) is 0 Å². The predicted molar refractivity (Wildman–Crippen MR) is 85.7 cm³/mol. The number of rotatable bonds is 7. The number of thioether (sulfide) groups is 1. The van der Waals surface area contributed by atoms with Crippen molar-refractivity contribution in [3.8, 4) is 0 Å². The summed E-state index contributed by atoms with van der Waals surface area (Å²) in [5.41, 5.74) is 1.40. The van der Waals surface area contributed by atoms with E-state index in [4.69, 9.17) is 0 Å². The maximum atomic E-state index is 3.70. The average molecular weight is 278 g/mol. The van der Waals surface area contributed by atoms with Gasteiger partial charge in [0, 0.05) is 12.6 Å². The molecular formula is C16H26N2S. The largest absolute Gasteiger partial charge is 0.314 e. The van der Waals surface area contributed by atoms with Crippen molar-refractivity contribution >= 4 is 11.8 Å². The molecule has 2 nitrogen and oxygen atoms in total. The molecule has 0 saturated carbocycles. The molecule has 3 heteroatoms. The normalized spacial score (nSPS) is 16.9. The fourth-order valence-electron chi connectivity index (χ4n) is 2.53. The Labute approximate surface area is 122 Å². The quantitative estimate of drug-likeness (QED) is 0.772. The lowest BCUT2D eigenvalue weighted by Crippen LogP contribution is -2.34. The Morgan fingerprint density at radius 2 is 1.95 bits per heavy atom. The highest BCUT2D eigenvalue weighted by Gasteiger charge is 2.12. The van der Waals surface area contributed by atoms with Gasteiger partial charge in [-0.1, -0.05) is 30.3 Å². The Bertz CT molecular complexity index is 336. The summed E-state index contributed by atoms with van der Waals surface area (Å²) in [4.78, 5) is 2.41. The van der Waals surface area contributed by atoms with E-state index in [1.165, 1.54) is 42.9 Å². The van der Waals surface area contributed by atoms with Gasteiger partial charge >= 0.3 is 0 Å². The lowest BCUT2D eigenvalue weighted by molar-refractivity contribution is 0.315. The van der Waals surface area contributed by atoms with Crippen LogP contribution in [0.15, 0.2) is 30.3 Å². The lowest BCUT2D eigenvalue weighted by Gasteiger charge is -2.23. The van der Waals surface area contributed by atoms with Gasteiger partial charge in [-0.25, -0.2) is 0 Å². The van der Waals surface area contributed by atoms with Crippen LogP contribution >= 0.6 is 11.8 Å². The Balaban J connectivity index is 1.55. The molecular weight excluding hydrogens is 252 g/mol. The fourth-order valence-corrected chi connectivity index (χ4v) is 3.64. The first-order valence-electron chi connectivity index (χ1n) is 7.38. The summed E-state index contributed by atoms with van der Waals surface area (Å²) in [6.45, 7) is 3.39. The van der Waals surface area contributed by atoms with Crippen molar-refractivity contribution in [2.75, 3.05) is 31.6 Å². The van der Waals surface area contributed by atoms with E-state index in [1.807, 2.05) is 0 Å². The highest BCUT2D eigenvalue weighted by atomic mass is 32.2. The Kier molecular flexibility index (Phi) is 6.75. The number of nitrogens with zero attached hydrogens (tertiary/aromatic N) is 1. The minimum atomic E-state index is 0.778. The zero-order valence-electron chi connectivity index (χ0n) is 12.0. The van der Waals surface area contributed by atoms with Crippen LogP contribution in [0.1, 0.15) is 24.8 Å². The van der Waals surface area contributed by atoms with Gasteiger partial charge in [0.05, 0.1) is 0 Å². The summed E-state index contributed by atoms with van der Waals surface area (Å²) in [6.07, 6.45) is 3.95. The van der Waals surface area contributed by atoms with Crippen LogP contribution in [0.5, 0.6) is 0 Å². The maximum Gasteiger partial charge on any atom is 0.0230 e. The third-order valence-corrected chi connectivity index (χ3v) is 4.71. The first-order valence-corrected chi connectivity index (χ1v) is 8.53. The van der Waals surface area contributed by atoms with Gasteiger partial charge in [0.1, 0.15) is 0 Å². The van der Waals surface area contributed by atoms with Crippen molar-refractivity contribution in [1.82, 2.24) is 10.2 Å². The molecule has 0 amide bonds. The third kappa shape index (κ3) is 5.98. The monoisotopic (exact) mass is 278 g/mol. The molecule has 0 aliphatic carbocycles. The van der Waals surface area contributed by atoms with E-state index in [0.717, 1.165) is 19.1 Å². The van der Waals surface area contributed by atoms with Crippen molar-refractivity contribution in [1.29, 1.82) is 0 Å². The fraction of sp³-hybridized carbons (Fsp3) is 0.625. The topological polar surface area (TPSA) is 15.3 Å². The van der Waals surface area contributed by atoms with Crippen molar-refractivity contribution in [2.45, 2.75) is 31.8 Å². The molecule has 1 N–H and O–H groups in total. The second kappa shape index (κ2) is 8.62. The molecule has 1 fully saturated rings. The zero-order chi connectivity index (χ0) is 13.3. The molecule has 1 saturated heterocycles. The predicted octanol–water partition coefficient (Wildman–Crippen LogP) is 2.99. The van der Waals surface area contributed by atoms with Crippen LogP contribution in [-0.4, -0.2) is 42.6 Å². The van der Waals surface area contributed by atoms with Gasteiger partial charge in [-0.3, -0.25) is 0 Å². The number of benzene rings is 1. The Morgan fingerprint density at radius 3 is 2.68 bits per heavy atom. The van der Waals surface area contributed by atoms with Crippen LogP contribution in [0.4, 0.5) is 0 Å². The van der Waals surface area contributed by atoms with Crippen LogP contribution in [-0.2, 0) is 6.54 Å². The summed E-state index contributed by atoms with van der Waals surface area (Å²) in [7, 11) is 2.21. The van der Waals surface area contributed by atoms with Crippen molar-refractivity contribution < 1.29 is 0 Å². The van der Waals surface area contributed by atoms with E-state index < -0.39 is 0 Å². The molecule has 0 spiro atoms. The van der Waals surface area contributed by atoms with Crippen LogP contribution in [0.2, 0.25) is 0 Å². The minimum absolute atomic E-state index is 0.778. The molecule has 0 radical (unpaired) electrons. The highest BCUT2D eigenvalue weighted by Crippen LogP contribution is 2.16. The summed E-state index contributed by atoms with van der Waals surface area (Å²) in [5, 5.41) is 3.70. The molecule has 19 heavy (non-hydrogen) atoms.